The van der Waals surface area contributed by atoms with Gasteiger partial charge in [0.15, 0.2) is 0 Å². The molecule has 1 aromatic rings. The summed E-state index contributed by atoms with van der Waals surface area (Å²) in [6, 6.07) is 0. The summed E-state index contributed by atoms with van der Waals surface area (Å²) in [5.74, 6) is -0.151. The molecule has 0 aliphatic rings. The van der Waals surface area contributed by atoms with Gasteiger partial charge in [-0.05, 0) is 0 Å². The largest absolute Gasteiger partial charge is 0.491 e. The van der Waals surface area contributed by atoms with Crippen LogP contribution in [0, 0.1) is 0 Å². The van der Waals surface area contributed by atoms with Crippen molar-refractivity contribution in [3.05, 3.63) is 11.2 Å². The predicted molar refractivity (Wildman–Crippen MR) is 28.9 cm³/mol. The number of aromatic amines is 1. The number of nitrogens with zero attached hydrogens (tertiary/aromatic N) is 1. The summed E-state index contributed by atoms with van der Waals surface area (Å²) in [5, 5.41) is 14.4. The number of nitrogens with one attached hydrogen (secondary N) is 1. The zero-order chi connectivity index (χ0) is 5.28. The Kier molecular flexibility index (Phi) is 2.30. The van der Waals surface area contributed by atoms with Crippen molar-refractivity contribution < 1.29 is 10.6 Å². The van der Waals surface area contributed by atoms with Crippen molar-refractivity contribution in [3.8, 4) is 5.88 Å². The van der Waals surface area contributed by atoms with Gasteiger partial charge in [0.25, 0.3) is 0 Å². The van der Waals surface area contributed by atoms with Crippen LogP contribution in [0.2, 0.25) is 5.02 Å². The standard InChI is InChI=1S/C3H3ClN2O.H2O/c4-2-1-5-6-3(2)7;/h1H,(H2,5,6,7);1H2. The maximum Gasteiger partial charge on any atom is 0.249 e. The van der Waals surface area contributed by atoms with Crippen LogP contribution in [0.25, 0.3) is 0 Å². The molecule has 46 valence electrons. The number of hydrogen-bond donors (Lipinski definition) is 2. The van der Waals surface area contributed by atoms with E-state index in [1.807, 2.05) is 0 Å². The number of hydrogen-bond acceptors (Lipinski definition) is 2. The van der Waals surface area contributed by atoms with E-state index in [2.05, 4.69) is 10.2 Å². The Balaban J connectivity index is 0.000000490. The summed E-state index contributed by atoms with van der Waals surface area (Å²) in [4.78, 5) is 0. The van der Waals surface area contributed by atoms with Crippen LogP contribution < -0.4 is 0 Å². The number of aromatic nitrogens is 2. The van der Waals surface area contributed by atoms with Crippen LogP contribution in [0.5, 0.6) is 5.88 Å². The minimum atomic E-state index is -0.151. The molecule has 0 aliphatic carbocycles. The molecule has 1 heterocycles. The molecule has 0 unspecified atom stereocenters. The number of halogens is 1. The Bertz CT molecular complexity index is 148. The molecule has 0 radical (unpaired) electrons. The third kappa shape index (κ3) is 1.11. The molecule has 0 fully saturated rings. The highest BCUT2D eigenvalue weighted by atomic mass is 35.5. The summed E-state index contributed by atoms with van der Waals surface area (Å²) in [6.45, 7) is 0. The molecule has 0 saturated heterocycles. The van der Waals surface area contributed by atoms with Crippen molar-refractivity contribution in [1.82, 2.24) is 10.2 Å². The lowest BCUT2D eigenvalue weighted by atomic mass is 10.7. The second-order valence-electron chi connectivity index (χ2n) is 1.06. The van der Waals surface area contributed by atoms with E-state index in [4.69, 9.17) is 16.7 Å². The van der Waals surface area contributed by atoms with Crippen LogP contribution in [-0.4, -0.2) is 20.8 Å². The van der Waals surface area contributed by atoms with E-state index in [0.29, 0.717) is 0 Å². The first-order valence-electron chi connectivity index (χ1n) is 1.69. The topological polar surface area (TPSA) is 80.4 Å². The number of aromatic hydroxyl groups is 1. The fourth-order valence-corrected chi connectivity index (χ4v) is 0.359. The quantitative estimate of drug-likeness (QED) is 0.524. The Morgan fingerprint density at radius 1 is 1.75 bits per heavy atom. The molecule has 1 aromatic heterocycles. The summed E-state index contributed by atoms with van der Waals surface area (Å²) >= 11 is 5.28. The van der Waals surface area contributed by atoms with E-state index in [9.17, 15) is 0 Å². The van der Waals surface area contributed by atoms with Gasteiger partial charge in [0.2, 0.25) is 5.88 Å². The van der Waals surface area contributed by atoms with Crippen LogP contribution in [0.15, 0.2) is 6.20 Å². The van der Waals surface area contributed by atoms with Gasteiger partial charge in [-0.25, -0.2) is 0 Å². The summed E-state index contributed by atoms with van der Waals surface area (Å²) in [6.07, 6.45) is 1.40. The molecule has 0 spiro atoms. The van der Waals surface area contributed by atoms with Crippen LogP contribution in [0.4, 0.5) is 0 Å². The minimum absolute atomic E-state index is 0. The molecule has 0 aromatic carbocycles. The number of rotatable bonds is 0. The molecular formula is C3H5ClN2O2. The maximum absolute atomic E-state index is 8.48. The first-order chi connectivity index (χ1) is 3.30. The first-order valence-corrected chi connectivity index (χ1v) is 2.07. The molecule has 4 N–H and O–H groups in total. The molecule has 0 aliphatic heterocycles. The average molecular weight is 137 g/mol. The minimum Gasteiger partial charge on any atom is -0.491 e. The van der Waals surface area contributed by atoms with Crippen LogP contribution in [0.3, 0.4) is 0 Å². The summed E-state index contributed by atoms with van der Waals surface area (Å²) in [7, 11) is 0. The fraction of sp³-hybridized carbons (Fsp3) is 0. The van der Waals surface area contributed by atoms with Gasteiger partial charge in [0, 0.05) is 6.20 Å². The highest BCUT2D eigenvalue weighted by Crippen LogP contribution is 2.16. The van der Waals surface area contributed by atoms with Crippen LogP contribution in [-0.2, 0) is 0 Å². The predicted octanol–water partition coefficient (Wildman–Crippen LogP) is -0.0560. The molecule has 0 bridgehead atoms. The lowest BCUT2D eigenvalue weighted by Gasteiger charge is -1.74. The molecule has 1 rings (SSSR count). The second kappa shape index (κ2) is 2.54. The zero-order valence-electron chi connectivity index (χ0n) is 3.85. The van der Waals surface area contributed by atoms with Gasteiger partial charge in [0.1, 0.15) is 5.02 Å². The van der Waals surface area contributed by atoms with Gasteiger partial charge < -0.3 is 10.6 Å². The van der Waals surface area contributed by atoms with E-state index >= 15 is 0 Å². The van der Waals surface area contributed by atoms with Gasteiger partial charge in [-0.15, -0.1) is 5.10 Å². The molecule has 5 heteroatoms. The SMILES string of the molecule is O.Oc1n[nH]cc1Cl. The van der Waals surface area contributed by atoms with E-state index in [0.717, 1.165) is 0 Å². The Morgan fingerprint density at radius 3 is 2.50 bits per heavy atom. The maximum atomic E-state index is 8.48. The van der Waals surface area contributed by atoms with Crippen molar-refractivity contribution in [3.63, 3.8) is 0 Å². The second-order valence-corrected chi connectivity index (χ2v) is 1.46. The van der Waals surface area contributed by atoms with Gasteiger partial charge >= 0.3 is 0 Å². The van der Waals surface area contributed by atoms with E-state index in [1.54, 1.807) is 0 Å². The third-order valence-corrected chi connectivity index (χ3v) is 0.853. The molecular weight excluding hydrogens is 131 g/mol. The van der Waals surface area contributed by atoms with Crippen molar-refractivity contribution in [2.75, 3.05) is 0 Å². The van der Waals surface area contributed by atoms with Crippen molar-refractivity contribution in [1.29, 1.82) is 0 Å². The first kappa shape index (κ1) is 7.26. The highest BCUT2D eigenvalue weighted by molar-refractivity contribution is 6.31. The zero-order valence-corrected chi connectivity index (χ0v) is 4.61. The fourth-order valence-electron chi connectivity index (χ4n) is 0.268. The average Bonchev–Trinajstić information content (AvgIpc) is 1.91. The van der Waals surface area contributed by atoms with Crippen LogP contribution in [0.1, 0.15) is 0 Å². The Morgan fingerprint density at radius 2 is 2.38 bits per heavy atom. The van der Waals surface area contributed by atoms with Crippen molar-refractivity contribution in [2.24, 2.45) is 0 Å². The summed E-state index contributed by atoms with van der Waals surface area (Å²) < 4.78 is 0. The van der Waals surface area contributed by atoms with E-state index < -0.39 is 0 Å². The molecule has 0 saturated carbocycles. The lowest BCUT2D eigenvalue weighted by molar-refractivity contribution is 0.452. The van der Waals surface area contributed by atoms with Gasteiger partial charge in [-0.3, -0.25) is 5.10 Å². The smallest absolute Gasteiger partial charge is 0.249 e. The Hall–Kier alpha value is -0.740. The van der Waals surface area contributed by atoms with Crippen molar-refractivity contribution in [2.45, 2.75) is 0 Å². The Labute approximate surface area is 50.4 Å². The van der Waals surface area contributed by atoms with Gasteiger partial charge in [0.05, 0.1) is 0 Å². The molecule has 8 heavy (non-hydrogen) atoms. The lowest BCUT2D eigenvalue weighted by Crippen LogP contribution is -1.60. The highest BCUT2D eigenvalue weighted by Gasteiger charge is 1.94. The molecule has 4 nitrogen and oxygen atoms in total. The third-order valence-electron chi connectivity index (χ3n) is 0.575. The van der Waals surface area contributed by atoms with E-state index in [-0.39, 0.29) is 16.4 Å². The van der Waals surface area contributed by atoms with Crippen molar-refractivity contribution >= 4 is 11.6 Å². The number of H-pyrrole nitrogens is 1. The van der Waals surface area contributed by atoms with Gasteiger partial charge in [-0.2, -0.15) is 0 Å². The molecule has 0 atom stereocenters. The summed E-state index contributed by atoms with van der Waals surface area (Å²) in [5.41, 5.74) is 0. The van der Waals surface area contributed by atoms with Crippen LogP contribution >= 0.6 is 11.6 Å². The normalized spacial score (nSPS) is 8.12. The molecule has 0 amide bonds. The monoisotopic (exact) mass is 136 g/mol. The van der Waals surface area contributed by atoms with E-state index in [1.165, 1.54) is 6.20 Å². The van der Waals surface area contributed by atoms with Gasteiger partial charge in [-0.1, -0.05) is 11.6 Å².